The average Bonchev–Trinajstić information content (AvgIpc) is 3.27. The molecule has 3 aromatic rings. The fraction of sp³-hybridized carbons (Fsp3) is 0.320. The van der Waals surface area contributed by atoms with E-state index in [1.54, 1.807) is 0 Å². The van der Waals surface area contributed by atoms with Crippen molar-refractivity contribution < 1.29 is 13.2 Å². The largest absolute Gasteiger partial charge is 0.417 e. The molecule has 32 heavy (non-hydrogen) atoms. The van der Waals surface area contributed by atoms with Crippen LogP contribution in [0.1, 0.15) is 22.6 Å². The van der Waals surface area contributed by atoms with E-state index in [-0.39, 0.29) is 17.9 Å². The molecule has 3 nitrogen and oxygen atoms in total. The number of hydrogen-bond donors (Lipinski definition) is 1. The lowest BCUT2D eigenvalue weighted by Gasteiger charge is -2.36. The Morgan fingerprint density at radius 2 is 1.75 bits per heavy atom. The van der Waals surface area contributed by atoms with Crippen LogP contribution in [0.15, 0.2) is 72.9 Å². The van der Waals surface area contributed by atoms with Crippen molar-refractivity contribution in [3.8, 4) is 0 Å². The first-order chi connectivity index (χ1) is 15.3. The minimum absolute atomic E-state index is 0.0392. The van der Waals surface area contributed by atoms with Crippen LogP contribution in [0, 0.1) is 5.92 Å². The van der Waals surface area contributed by atoms with E-state index >= 15 is 0 Å². The van der Waals surface area contributed by atoms with E-state index in [1.165, 1.54) is 17.2 Å². The van der Waals surface area contributed by atoms with Crippen LogP contribution >= 0.6 is 11.6 Å². The lowest BCUT2D eigenvalue weighted by molar-refractivity contribution is -0.137. The molecule has 2 heterocycles. The monoisotopic (exact) mass is 459 g/mol. The zero-order chi connectivity index (χ0) is 22.7. The molecule has 0 spiro atoms. The van der Waals surface area contributed by atoms with Crippen molar-refractivity contribution in [2.75, 3.05) is 25.0 Å². The number of nitrogens with one attached hydrogen (secondary N) is 1. The Morgan fingerprint density at radius 1 is 1.03 bits per heavy atom. The molecule has 3 unspecified atom stereocenters. The molecule has 2 aromatic carbocycles. The normalized spacial score (nSPS) is 19.7. The van der Waals surface area contributed by atoms with E-state index in [2.05, 4.69) is 34.6 Å². The maximum absolute atomic E-state index is 13.0. The number of aromatic nitrogens is 1. The highest BCUT2D eigenvalue weighted by Crippen LogP contribution is 2.36. The van der Waals surface area contributed by atoms with E-state index < -0.39 is 11.7 Å². The SMILES string of the molecule is CN(c1ccc(C(F)(F)F)cn1)C(Cc1ccccc1)C1CNCC1c1ccc(Cl)cc1. The quantitative estimate of drug-likeness (QED) is 0.504. The standard InChI is InChI=1S/C25H25ClF3N3/c1-32(24-12-9-19(14-31-24)25(27,28)29)23(13-17-5-3-2-4-6-17)22-16-30-15-21(22)18-7-10-20(26)11-8-18/h2-12,14,21-23,30H,13,15-16H2,1H3. The van der Waals surface area contributed by atoms with Crippen LogP contribution in [0.5, 0.6) is 0 Å². The first kappa shape index (κ1) is 22.6. The summed E-state index contributed by atoms with van der Waals surface area (Å²) in [5.74, 6) is 1.03. The van der Waals surface area contributed by atoms with Gasteiger partial charge >= 0.3 is 6.18 Å². The minimum atomic E-state index is -4.40. The fourth-order valence-electron chi connectivity index (χ4n) is 4.54. The molecule has 1 aliphatic rings. The van der Waals surface area contributed by atoms with Gasteiger partial charge in [0.2, 0.25) is 0 Å². The summed E-state index contributed by atoms with van der Waals surface area (Å²) in [6, 6.07) is 20.7. The average molecular weight is 460 g/mol. The molecule has 7 heteroatoms. The molecular formula is C25H25ClF3N3. The van der Waals surface area contributed by atoms with Crippen molar-refractivity contribution in [3.63, 3.8) is 0 Å². The van der Waals surface area contributed by atoms with Crippen molar-refractivity contribution in [2.45, 2.75) is 24.6 Å². The Labute approximate surface area is 191 Å². The van der Waals surface area contributed by atoms with Gasteiger partial charge in [0.05, 0.1) is 5.56 Å². The Bertz CT molecular complexity index is 1010. The smallest absolute Gasteiger partial charge is 0.356 e. The number of rotatable bonds is 6. The zero-order valence-electron chi connectivity index (χ0n) is 17.7. The summed E-state index contributed by atoms with van der Waals surface area (Å²) >= 11 is 6.09. The molecule has 1 aliphatic heterocycles. The van der Waals surface area contributed by atoms with E-state index in [9.17, 15) is 13.2 Å². The van der Waals surface area contributed by atoms with Crippen LogP contribution in [-0.4, -0.2) is 31.2 Å². The molecule has 1 aromatic heterocycles. The Morgan fingerprint density at radius 3 is 2.38 bits per heavy atom. The third kappa shape index (κ3) is 5.08. The highest BCUT2D eigenvalue weighted by Gasteiger charge is 2.37. The third-order valence-corrected chi connectivity index (χ3v) is 6.53. The van der Waals surface area contributed by atoms with Gasteiger partial charge in [-0.05, 0) is 41.8 Å². The molecule has 0 amide bonds. The number of halogens is 4. The highest BCUT2D eigenvalue weighted by atomic mass is 35.5. The molecule has 4 rings (SSSR count). The summed E-state index contributed by atoms with van der Waals surface area (Å²) < 4.78 is 39.0. The zero-order valence-corrected chi connectivity index (χ0v) is 18.4. The second-order valence-electron chi connectivity index (χ2n) is 8.25. The van der Waals surface area contributed by atoms with Crippen LogP contribution in [0.3, 0.4) is 0 Å². The van der Waals surface area contributed by atoms with E-state index in [0.29, 0.717) is 10.8 Å². The summed E-state index contributed by atoms with van der Waals surface area (Å²) in [5.41, 5.74) is 1.64. The summed E-state index contributed by atoms with van der Waals surface area (Å²) in [4.78, 5) is 6.18. The molecule has 0 aliphatic carbocycles. The molecule has 0 bridgehead atoms. The van der Waals surface area contributed by atoms with Crippen molar-refractivity contribution >= 4 is 17.4 Å². The van der Waals surface area contributed by atoms with Crippen molar-refractivity contribution in [3.05, 3.63) is 94.6 Å². The number of pyridine rings is 1. The van der Waals surface area contributed by atoms with Gasteiger partial charge in [0, 0.05) is 49.2 Å². The van der Waals surface area contributed by atoms with Gasteiger partial charge in [0.1, 0.15) is 5.82 Å². The summed E-state index contributed by atoms with van der Waals surface area (Å²) in [6.07, 6.45) is -2.73. The Hall–Kier alpha value is -2.57. The van der Waals surface area contributed by atoms with Crippen LogP contribution in [0.25, 0.3) is 0 Å². The number of anilines is 1. The van der Waals surface area contributed by atoms with Gasteiger partial charge in [-0.25, -0.2) is 4.98 Å². The predicted octanol–water partition coefficient (Wildman–Crippen LogP) is 5.80. The van der Waals surface area contributed by atoms with Crippen molar-refractivity contribution in [1.29, 1.82) is 0 Å². The molecule has 0 radical (unpaired) electrons. The van der Waals surface area contributed by atoms with Gasteiger partial charge in [0.25, 0.3) is 0 Å². The van der Waals surface area contributed by atoms with Crippen molar-refractivity contribution in [2.24, 2.45) is 5.92 Å². The first-order valence-electron chi connectivity index (χ1n) is 10.6. The van der Waals surface area contributed by atoms with Crippen LogP contribution in [-0.2, 0) is 12.6 Å². The maximum atomic E-state index is 13.0. The minimum Gasteiger partial charge on any atom is -0.356 e. The van der Waals surface area contributed by atoms with E-state index in [0.717, 1.165) is 31.8 Å². The molecule has 1 saturated heterocycles. The Kier molecular flexibility index (Phi) is 6.72. The molecule has 1 N–H and O–H groups in total. The van der Waals surface area contributed by atoms with E-state index in [4.69, 9.17) is 11.6 Å². The summed E-state index contributed by atoms with van der Waals surface area (Å²) in [6.45, 7) is 1.65. The summed E-state index contributed by atoms with van der Waals surface area (Å²) in [5, 5.41) is 4.21. The van der Waals surface area contributed by atoms with Crippen molar-refractivity contribution in [1.82, 2.24) is 10.3 Å². The van der Waals surface area contributed by atoms with E-state index in [1.807, 2.05) is 42.3 Å². The lowest BCUT2D eigenvalue weighted by Crippen LogP contribution is -2.43. The number of alkyl halides is 3. The second kappa shape index (κ2) is 9.51. The van der Waals surface area contributed by atoms with Gasteiger partial charge in [-0.3, -0.25) is 0 Å². The molecular weight excluding hydrogens is 435 g/mol. The molecule has 168 valence electrons. The third-order valence-electron chi connectivity index (χ3n) is 6.28. The Balaban J connectivity index is 1.65. The van der Waals surface area contributed by atoms with Gasteiger partial charge in [-0.2, -0.15) is 13.2 Å². The first-order valence-corrected chi connectivity index (χ1v) is 11.0. The number of benzene rings is 2. The van der Waals surface area contributed by atoms with Gasteiger partial charge in [-0.1, -0.05) is 54.1 Å². The number of hydrogen-bond acceptors (Lipinski definition) is 3. The predicted molar refractivity (Wildman–Crippen MR) is 122 cm³/mol. The molecule has 1 fully saturated rings. The van der Waals surface area contributed by atoms with Gasteiger partial charge in [-0.15, -0.1) is 0 Å². The number of likely N-dealkylation sites (N-methyl/N-ethyl adjacent to an activating group) is 1. The van der Waals surface area contributed by atoms with Crippen LogP contribution in [0.2, 0.25) is 5.02 Å². The number of nitrogens with zero attached hydrogens (tertiary/aromatic N) is 2. The highest BCUT2D eigenvalue weighted by molar-refractivity contribution is 6.30. The summed E-state index contributed by atoms with van der Waals surface area (Å²) in [7, 11) is 1.92. The second-order valence-corrected chi connectivity index (χ2v) is 8.69. The molecule has 3 atom stereocenters. The molecule has 0 saturated carbocycles. The lowest BCUT2D eigenvalue weighted by atomic mass is 9.81. The topological polar surface area (TPSA) is 28.2 Å². The van der Waals surface area contributed by atoms with Crippen LogP contribution < -0.4 is 10.2 Å². The maximum Gasteiger partial charge on any atom is 0.417 e. The van der Waals surface area contributed by atoms with Gasteiger partial charge in [0.15, 0.2) is 0 Å². The van der Waals surface area contributed by atoms with Gasteiger partial charge < -0.3 is 10.2 Å². The van der Waals surface area contributed by atoms with Crippen LogP contribution in [0.4, 0.5) is 19.0 Å². The fourth-order valence-corrected chi connectivity index (χ4v) is 4.67.